The Kier molecular flexibility index (Phi) is 3.67. The van der Waals surface area contributed by atoms with Crippen molar-refractivity contribution >= 4 is 12.3 Å². The van der Waals surface area contributed by atoms with Gasteiger partial charge in [-0.15, -0.1) is 0 Å². The number of methoxy groups -OCH3 is 1. The highest BCUT2D eigenvalue weighted by Gasteiger charge is 2.00. The van der Waals surface area contributed by atoms with Crippen LogP contribution in [0, 0.1) is 0 Å². The van der Waals surface area contributed by atoms with Gasteiger partial charge in [-0.3, -0.25) is 4.79 Å². The molecule has 0 spiro atoms. The molecule has 0 aromatic heterocycles. The highest BCUT2D eigenvalue weighted by Crippen LogP contribution is 2.10. The van der Waals surface area contributed by atoms with Crippen LogP contribution in [0.3, 0.4) is 0 Å². The SMILES string of the molecule is COC(=O)COc1ccc(C=O)cc1. The molecule has 4 nitrogen and oxygen atoms in total. The third-order valence-electron chi connectivity index (χ3n) is 1.60. The van der Waals surface area contributed by atoms with Crippen molar-refractivity contribution in [3.63, 3.8) is 0 Å². The van der Waals surface area contributed by atoms with E-state index in [0.717, 1.165) is 6.29 Å². The molecule has 0 atom stereocenters. The van der Waals surface area contributed by atoms with Crippen LogP contribution in [0.25, 0.3) is 0 Å². The van der Waals surface area contributed by atoms with Crippen molar-refractivity contribution in [1.29, 1.82) is 0 Å². The number of benzene rings is 1. The molecule has 1 aromatic carbocycles. The lowest BCUT2D eigenvalue weighted by Gasteiger charge is -2.03. The van der Waals surface area contributed by atoms with E-state index in [2.05, 4.69) is 4.74 Å². The molecule has 0 aliphatic carbocycles. The van der Waals surface area contributed by atoms with Crippen LogP contribution in [0.1, 0.15) is 10.4 Å². The third-order valence-corrected chi connectivity index (χ3v) is 1.60. The molecule has 0 aliphatic heterocycles. The number of hydrogen-bond acceptors (Lipinski definition) is 4. The van der Waals surface area contributed by atoms with E-state index in [4.69, 9.17) is 4.74 Å². The Bertz CT molecular complexity index is 315. The van der Waals surface area contributed by atoms with Gasteiger partial charge in [0.1, 0.15) is 12.0 Å². The molecular weight excluding hydrogens is 184 g/mol. The van der Waals surface area contributed by atoms with Gasteiger partial charge >= 0.3 is 5.97 Å². The molecule has 74 valence electrons. The van der Waals surface area contributed by atoms with Crippen molar-refractivity contribution in [2.75, 3.05) is 13.7 Å². The Morgan fingerprint density at radius 2 is 2.00 bits per heavy atom. The van der Waals surface area contributed by atoms with Gasteiger partial charge < -0.3 is 9.47 Å². The fraction of sp³-hybridized carbons (Fsp3) is 0.200. The lowest BCUT2D eigenvalue weighted by Crippen LogP contribution is -2.12. The molecule has 0 saturated carbocycles. The summed E-state index contributed by atoms with van der Waals surface area (Å²) < 4.78 is 9.46. The minimum atomic E-state index is -0.440. The number of aldehydes is 1. The van der Waals surface area contributed by atoms with Crippen LogP contribution in [0.4, 0.5) is 0 Å². The minimum Gasteiger partial charge on any atom is -0.482 e. The molecule has 0 saturated heterocycles. The summed E-state index contributed by atoms with van der Waals surface area (Å²) in [6.07, 6.45) is 0.740. The van der Waals surface area contributed by atoms with Gasteiger partial charge in [-0.1, -0.05) is 0 Å². The smallest absolute Gasteiger partial charge is 0.343 e. The first-order valence-electron chi connectivity index (χ1n) is 4.01. The molecule has 1 aromatic rings. The predicted octanol–water partition coefficient (Wildman–Crippen LogP) is 1.05. The standard InChI is InChI=1S/C10H10O4/c1-13-10(12)7-14-9-4-2-8(6-11)3-5-9/h2-6H,7H2,1H3. The molecule has 0 bridgehead atoms. The van der Waals surface area contributed by atoms with Crippen LogP contribution >= 0.6 is 0 Å². The molecule has 0 aliphatic rings. The summed E-state index contributed by atoms with van der Waals surface area (Å²) in [5, 5.41) is 0. The van der Waals surface area contributed by atoms with Gasteiger partial charge in [0.05, 0.1) is 7.11 Å². The van der Waals surface area contributed by atoms with Gasteiger partial charge in [0.25, 0.3) is 0 Å². The predicted molar refractivity (Wildman–Crippen MR) is 49.3 cm³/mol. The highest BCUT2D eigenvalue weighted by molar-refractivity contribution is 5.75. The molecule has 0 N–H and O–H groups in total. The van der Waals surface area contributed by atoms with Crippen LogP contribution in [0.2, 0.25) is 0 Å². The number of rotatable bonds is 4. The van der Waals surface area contributed by atoms with E-state index in [0.29, 0.717) is 11.3 Å². The van der Waals surface area contributed by atoms with Gasteiger partial charge in [-0.2, -0.15) is 0 Å². The number of hydrogen-bond donors (Lipinski definition) is 0. The van der Waals surface area contributed by atoms with E-state index in [1.54, 1.807) is 24.3 Å². The summed E-state index contributed by atoms with van der Waals surface area (Å²) in [5.74, 6) is 0.0884. The fourth-order valence-electron chi connectivity index (χ4n) is 0.844. The maximum absolute atomic E-state index is 10.7. The van der Waals surface area contributed by atoms with Gasteiger partial charge in [-0.05, 0) is 24.3 Å². The van der Waals surface area contributed by atoms with Crippen molar-refractivity contribution in [3.8, 4) is 5.75 Å². The zero-order chi connectivity index (χ0) is 10.4. The van der Waals surface area contributed by atoms with E-state index >= 15 is 0 Å². The third kappa shape index (κ3) is 2.90. The number of esters is 1. The molecule has 0 amide bonds. The van der Waals surface area contributed by atoms with Gasteiger partial charge in [0.15, 0.2) is 6.61 Å². The van der Waals surface area contributed by atoms with Crippen LogP contribution in [0.15, 0.2) is 24.3 Å². The molecule has 0 heterocycles. The van der Waals surface area contributed by atoms with Gasteiger partial charge in [0.2, 0.25) is 0 Å². The van der Waals surface area contributed by atoms with E-state index in [-0.39, 0.29) is 6.61 Å². The van der Waals surface area contributed by atoms with E-state index in [1.807, 2.05) is 0 Å². The zero-order valence-corrected chi connectivity index (χ0v) is 7.73. The van der Waals surface area contributed by atoms with Gasteiger partial charge in [-0.25, -0.2) is 4.79 Å². The maximum atomic E-state index is 10.7. The van der Waals surface area contributed by atoms with Crippen molar-refractivity contribution in [1.82, 2.24) is 0 Å². The van der Waals surface area contributed by atoms with Crippen LogP contribution < -0.4 is 4.74 Å². The fourth-order valence-corrected chi connectivity index (χ4v) is 0.844. The molecular formula is C10H10O4. The average molecular weight is 194 g/mol. The molecule has 4 heteroatoms. The molecule has 1 rings (SSSR count). The maximum Gasteiger partial charge on any atom is 0.343 e. The normalized spacial score (nSPS) is 9.21. The molecule has 14 heavy (non-hydrogen) atoms. The molecule has 0 unspecified atom stereocenters. The number of carbonyl (C=O) groups is 2. The second-order valence-electron chi connectivity index (χ2n) is 2.55. The van der Waals surface area contributed by atoms with Crippen LogP contribution in [-0.2, 0) is 9.53 Å². The van der Waals surface area contributed by atoms with E-state index in [9.17, 15) is 9.59 Å². The number of carbonyl (C=O) groups excluding carboxylic acids is 2. The van der Waals surface area contributed by atoms with E-state index < -0.39 is 5.97 Å². The first kappa shape index (κ1) is 10.2. The minimum absolute atomic E-state index is 0.128. The number of ether oxygens (including phenoxy) is 2. The van der Waals surface area contributed by atoms with Crippen molar-refractivity contribution in [2.45, 2.75) is 0 Å². The average Bonchev–Trinajstić information content (AvgIpc) is 2.26. The highest BCUT2D eigenvalue weighted by atomic mass is 16.6. The summed E-state index contributed by atoms with van der Waals surface area (Å²) in [6, 6.07) is 6.46. The Morgan fingerprint density at radius 1 is 1.36 bits per heavy atom. The lowest BCUT2D eigenvalue weighted by molar-refractivity contribution is -0.142. The van der Waals surface area contributed by atoms with Crippen molar-refractivity contribution in [2.24, 2.45) is 0 Å². The summed E-state index contributed by atoms with van der Waals surface area (Å²) >= 11 is 0. The Labute approximate surface area is 81.4 Å². The van der Waals surface area contributed by atoms with E-state index in [1.165, 1.54) is 7.11 Å². The topological polar surface area (TPSA) is 52.6 Å². The lowest BCUT2D eigenvalue weighted by atomic mass is 10.2. The van der Waals surface area contributed by atoms with Crippen molar-refractivity contribution in [3.05, 3.63) is 29.8 Å². The summed E-state index contributed by atoms with van der Waals surface area (Å²) in [7, 11) is 1.29. The van der Waals surface area contributed by atoms with Gasteiger partial charge in [0, 0.05) is 5.56 Å². The zero-order valence-electron chi connectivity index (χ0n) is 7.73. The second-order valence-corrected chi connectivity index (χ2v) is 2.55. The Balaban J connectivity index is 2.51. The first-order valence-corrected chi connectivity index (χ1v) is 4.01. The first-order chi connectivity index (χ1) is 6.76. The largest absolute Gasteiger partial charge is 0.482 e. The summed E-state index contributed by atoms with van der Waals surface area (Å²) in [5.41, 5.74) is 0.565. The second kappa shape index (κ2) is 5.01. The van der Waals surface area contributed by atoms with Crippen molar-refractivity contribution < 1.29 is 19.1 Å². The molecule has 0 fully saturated rings. The molecule has 0 radical (unpaired) electrons. The Hall–Kier alpha value is -1.84. The Morgan fingerprint density at radius 3 is 2.50 bits per heavy atom. The monoisotopic (exact) mass is 194 g/mol. The summed E-state index contributed by atoms with van der Waals surface area (Å²) in [4.78, 5) is 21.0. The van der Waals surface area contributed by atoms with Crippen LogP contribution in [-0.4, -0.2) is 26.0 Å². The quantitative estimate of drug-likeness (QED) is 0.531. The summed E-state index contributed by atoms with van der Waals surface area (Å²) in [6.45, 7) is -0.128. The van der Waals surface area contributed by atoms with Crippen LogP contribution in [0.5, 0.6) is 5.75 Å².